The maximum absolute atomic E-state index is 12.9. The highest BCUT2D eigenvalue weighted by Crippen LogP contribution is 2.26. The second-order valence-electron chi connectivity index (χ2n) is 7.89. The van der Waals surface area contributed by atoms with E-state index in [9.17, 15) is 4.79 Å². The molecule has 4 rings (SSSR count). The van der Waals surface area contributed by atoms with Crippen molar-refractivity contribution in [3.8, 4) is 0 Å². The molecular formula is C22H31N5O2S. The Morgan fingerprint density at radius 1 is 1.13 bits per heavy atom. The number of aromatic nitrogens is 3. The number of ether oxygens (including phenoxy) is 1. The van der Waals surface area contributed by atoms with E-state index in [0.717, 1.165) is 50.0 Å². The zero-order valence-corrected chi connectivity index (χ0v) is 18.5. The molecule has 0 saturated carbocycles. The molecule has 0 bridgehead atoms. The number of likely N-dealkylation sites (tertiary alicyclic amines) is 1. The minimum absolute atomic E-state index is 0.216. The zero-order chi connectivity index (χ0) is 20.8. The van der Waals surface area contributed by atoms with Crippen LogP contribution in [0.4, 0.5) is 5.95 Å². The number of hydrogen-bond acceptors (Lipinski definition) is 6. The van der Waals surface area contributed by atoms with Crippen molar-refractivity contribution in [3.63, 3.8) is 0 Å². The lowest BCUT2D eigenvalue weighted by atomic mass is 10.0. The molecule has 30 heavy (non-hydrogen) atoms. The fourth-order valence-corrected chi connectivity index (χ4v) is 5.07. The number of morpholine rings is 1. The number of rotatable bonds is 7. The summed E-state index contributed by atoms with van der Waals surface area (Å²) in [6.07, 6.45) is 4.49. The number of benzene rings is 1. The van der Waals surface area contributed by atoms with Gasteiger partial charge in [-0.2, -0.15) is 0 Å². The lowest BCUT2D eigenvalue weighted by Gasteiger charge is -2.35. The molecule has 0 unspecified atom stereocenters. The molecule has 2 aliphatic heterocycles. The third-order valence-corrected chi connectivity index (χ3v) is 6.87. The van der Waals surface area contributed by atoms with Crippen molar-refractivity contribution < 1.29 is 9.53 Å². The standard InChI is InChI=1S/C22H31N5O2S/c1-2-19-10-6-7-11-26(19)20(28)17-30-22-24-23-21(25-12-14-29-15-13-25)27(22)16-18-8-4-3-5-9-18/h3-5,8-9,19H,2,6-7,10-17H2,1H3/t19-/m0/s1. The van der Waals surface area contributed by atoms with Crippen molar-refractivity contribution in [1.29, 1.82) is 0 Å². The summed E-state index contributed by atoms with van der Waals surface area (Å²) in [7, 11) is 0. The first kappa shape index (κ1) is 21.2. The summed E-state index contributed by atoms with van der Waals surface area (Å²) in [6, 6.07) is 10.7. The first-order valence-corrected chi connectivity index (χ1v) is 12.0. The van der Waals surface area contributed by atoms with Crippen molar-refractivity contribution >= 4 is 23.6 Å². The summed E-state index contributed by atoms with van der Waals surface area (Å²) in [6.45, 7) is 6.77. The normalized spacial score (nSPS) is 19.8. The summed E-state index contributed by atoms with van der Waals surface area (Å²) in [5, 5.41) is 9.77. The Kier molecular flexibility index (Phi) is 7.28. The zero-order valence-electron chi connectivity index (χ0n) is 17.7. The van der Waals surface area contributed by atoms with Crippen LogP contribution in [0, 0.1) is 0 Å². The Morgan fingerprint density at radius 3 is 2.70 bits per heavy atom. The third-order valence-electron chi connectivity index (χ3n) is 5.92. The van der Waals surface area contributed by atoms with Crippen molar-refractivity contribution in [1.82, 2.24) is 19.7 Å². The second-order valence-corrected chi connectivity index (χ2v) is 8.83. The lowest BCUT2D eigenvalue weighted by molar-refractivity contribution is -0.132. The first-order chi connectivity index (χ1) is 14.8. The fourth-order valence-electron chi connectivity index (χ4n) is 4.25. The molecule has 162 valence electrons. The van der Waals surface area contributed by atoms with Crippen LogP contribution in [0.15, 0.2) is 35.5 Å². The topological polar surface area (TPSA) is 63.5 Å². The molecule has 1 aromatic carbocycles. The smallest absolute Gasteiger partial charge is 0.233 e. The number of carbonyl (C=O) groups excluding carboxylic acids is 1. The van der Waals surface area contributed by atoms with Gasteiger partial charge < -0.3 is 14.5 Å². The van der Waals surface area contributed by atoms with E-state index in [-0.39, 0.29) is 5.91 Å². The number of amides is 1. The molecule has 2 aromatic rings. The maximum Gasteiger partial charge on any atom is 0.233 e. The summed E-state index contributed by atoms with van der Waals surface area (Å²) >= 11 is 1.51. The van der Waals surface area contributed by atoms with Crippen molar-refractivity contribution in [2.75, 3.05) is 43.5 Å². The van der Waals surface area contributed by atoms with Gasteiger partial charge in [-0.15, -0.1) is 10.2 Å². The van der Waals surface area contributed by atoms with Crippen LogP contribution in [0.25, 0.3) is 0 Å². The predicted octanol–water partition coefficient (Wildman–Crippen LogP) is 3.05. The molecule has 1 aromatic heterocycles. The van der Waals surface area contributed by atoms with Gasteiger partial charge >= 0.3 is 0 Å². The molecule has 0 aliphatic carbocycles. The Balaban J connectivity index is 1.50. The van der Waals surface area contributed by atoms with Gasteiger partial charge in [0.05, 0.1) is 25.5 Å². The van der Waals surface area contributed by atoms with Crippen LogP contribution in [0.3, 0.4) is 0 Å². The lowest BCUT2D eigenvalue weighted by Crippen LogP contribution is -2.44. The number of hydrogen-bond donors (Lipinski definition) is 0. The van der Waals surface area contributed by atoms with E-state index in [0.29, 0.717) is 31.6 Å². The predicted molar refractivity (Wildman–Crippen MR) is 119 cm³/mol. The van der Waals surface area contributed by atoms with E-state index in [4.69, 9.17) is 4.74 Å². The van der Waals surface area contributed by atoms with Gasteiger partial charge in [-0.05, 0) is 31.2 Å². The van der Waals surface area contributed by atoms with E-state index >= 15 is 0 Å². The van der Waals surface area contributed by atoms with Crippen molar-refractivity contribution in [2.24, 2.45) is 0 Å². The van der Waals surface area contributed by atoms with Crippen LogP contribution >= 0.6 is 11.8 Å². The van der Waals surface area contributed by atoms with E-state index in [2.05, 4.69) is 43.6 Å². The van der Waals surface area contributed by atoms with Gasteiger partial charge in [-0.3, -0.25) is 9.36 Å². The van der Waals surface area contributed by atoms with Gasteiger partial charge in [0.15, 0.2) is 5.16 Å². The van der Waals surface area contributed by atoms with E-state index < -0.39 is 0 Å². The Morgan fingerprint density at radius 2 is 1.93 bits per heavy atom. The number of carbonyl (C=O) groups is 1. The molecular weight excluding hydrogens is 398 g/mol. The monoisotopic (exact) mass is 429 g/mol. The average Bonchev–Trinajstić information content (AvgIpc) is 3.21. The highest BCUT2D eigenvalue weighted by atomic mass is 32.2. The molecule has 2 fully saturated rings. The molecule has 2 aliphatic rings. The van der Waals surface area contributed by atoms with E-state index in [1.165, 1.54) is 23.7 Å². The molecule has 2 saturated heterocycles. The van der Waals surface area contributed by atoms with Crippen LogP contribution in [-0.2, 0) is 16.1 Å². The largest absolute Gasteiger partial charge is 0.378 e. The average molecular weight is 430 g/mol. The molecule has 0 N–H and O–H groups in total. The van der Waals surface area contributed by atoms with Crippen molar-refractivity contribution in [3.05, 3.63) is 35.9 Å². The molecule has 0 radical (unpaired) electrons. The van der Waals surface area contributed by atoms with Crippen LogP contribution in [0.1, 0.15) is 38.2 Å². The summed E-state index contributed by atoms with van der Waals surface area (Å²) < 4.78 is 7.64. The summed E-state index contributed by atoms with van der Waals surface area (Å²) in [5.41, 5.74) is 1.20. The van der Waals surface area contributed by atoms with E-state index in [1.807, 2.05) is 18.2 Å². The number of anilines is 1. The SMILES string of the molecule is CC[C@H]1CCCCN1C(=O)CSc1nnc(N2CCOCC2)n1Cc1ccccc1. The number of piperidine rings is 1. The minimum Gasteiger partial charge on any atom is -0.378 e. The first-order valence-electron chi connectivity index (χ1n) is 11.0. The quantitative estimate of drug-likeness (QED) is 0.631. The van der Waals surface area contributed by atoms with Gasteiger partial charge in [-0.1, -0.05) is 49.0 Å². The van der Waals surface area contributed by atoms with Gasteiger partial charge in [0.25, 0.3) is 0 Å². The van der Waals surface area contributed by atoms with Crippen LogP contribution in [-0.4, -0.2) is 70.2 Å². The highest BCUT2D eigenvalue weighted by molar-refractivity contribution is 7.99. The Bertz CT molecular complexity index is 822. The number of nitrogens with zero attached hydrogens (tertiary/aromatic N) is 5. The summed E-state index contributed by atoms with van der Waals surface area (Å²) in [5.74, 6) is 1.49. The highest BCUT2D eigenvalue weighted by Gasteiger charge is 2.26. The third kappa shape index (κ3) is 4.98. The van der Waals surface area contributed by atoms with Crippen LogP contribution in [0.5, 0.6) is 0 Å². The number of thioether (sulfide) groups is 1. The molecule has 1 atom stereocenters. The fraction of sp³-hybridized carbons (Fsp3) is 0.591. The Labute approximate surface area is 182 Å². The van der Waals surface area contributed by atoms with Crippen molar-refractivity contribution in [2.45, 2.75) is 50.4 Å². The minimum atomic E-state index is 0.216. The molecule has 1 amide bonds. The van der Waals surface area contributed by atoms with Gasteiger partial charge in [0, 0.05) is 25.7 Å². The van der Waals surface area contributed by atoms with Gasteiger partial charge in [-0.25, -0.2) is 0 Å². The van der Waals surface area contributed by atoms with Crippen LogP contribution in [0.2, 0.25) is 0 Å². The molecule has 8 heteroatoms. The Hall–Kier alpha value is -2.06. The molecule has 0 spiro atoms. The maximum atomic E-state index is 12.9. The van der Waals surface area contributed by atoms with E-state index in [1.54, 1.807) is 0 Å². The van der Waals surface area contributed by atoms with Gasteiger partial charge in [0.1, 0.15) is 0 Å². The molecule has 7 nitrogen and oxygen atoms in total. The van der Waals surface area contributed by atoms with Gasteiger partial charge in [0.2, 0.25) is 11.9 Å². The summed E-state index contributed by atoms with van der Waals surface area (Å²) in [4.78, 5) is 17.2. The second kappa shape index (κ2) is 10.3. The van der Waals surface area contributed by atoms with Crippen LogP contribution < -0.4 is 4.90 Å². The molecule has 3 heterocycles.